The van der Waals surface area contributed by atoms with E-state index in [1.807, 2.05) is 4.90 Å². The fourth-order valence-electron chi connectivity index (χ4n) is 2.67. The van der Waals surface area contributed by atoms with Crippen molar-refractivity contribution in [2.24, 2.45) is 0 Å². The lowest BCUT2D eigenvalue weighted by atomic mass is 10.2. The Morgan fingerprint density at radius 2 is 1.86 bits per heavy atom. The predicted octanol–water partition coefficient (Wildman–Crippen LogP) is 2.70. The third kappa shape index (κ3) is 3.90. The van der Waals surface area contributed by atoms with Gasteiger partial charge in [0, 0.05) is 10.6 Å². The molecule has 2 aromatic rings. The highest BCUT2D eigenvalue weighted by Gasteiger charge is 2.24. The minimum absolute atomic E-state index is 0.106. The van der Waals surface area contributed by atoms with E-state index in [2.05, 4.69) is 28.1 Å². The highest BCUT2D eigenvalue weighted by molar-refractivity contribution is 9.11. The monoisotopic (exact) mass is 399 g/mol. The number of nitrogens with one attached hydrogen (secondary N) is 1. The zero-order chi connectivity index (χ0) is 15.5. The van der Waals surface area contributed by atoms with Gasteiger partial charge in [0.25, 0.3) is 5.91 Å². The molecule has 0 bridgehead atoms. The van der Waals surface area contributed by atoms with Gasteiger partial charge in [0.1, 0.15) is 6.54 Å². The Labute approximate surface area is 147 Å². The Bertz CT molecular complexity index is 650. The molecule has 1 aromatic heterocycles. The average Bonchev–Trinajstić information content (AvgIpc) is 2.93. The number of quaternary nitrogens is 1. The summed E-state index contributed by atoms with van der Waals surface area (Å²) >= 11 is 11.2. The van der Waals surface area contributed by atoms with Gasteiger partial charge < -0.3 is 9.80 Å². The van der Waals surface area contributed by atoms with Crippen LogP contribution in [0.25, 0.3) is 0 Å². The van der Waals surface area contributed by atoms with Crippen molar-refractivity contribution in [1.82, 2.24) is 4.90 Å². The van der Waals surface area contributed by atoms with Crippen molar-refractivity contribution in [2.45, 2.75) is 6.54 Å². The molecule has 3 nitrogen and oxygen atoms in total. The van der Waals surface area contributed by atoms with Gasteiger partial charge in [-0.2, -0.15) is 0 Å². The van der Waals surface area contributed by atoms with Crippen LogP contribution in [0.3, 0.4) is 0 Å². The standard InChI is InChI=1S/C16H16BrClN2OS/c17-15-6-5-14(22-15)11-19-7-9-20(10-8-19)16(21)12-1-3-13(18)4-2-12/h1-6H,7-11H2/p+1. The lowest BCUT2D eigenvalue weighted by Gasteiger charge is -2.32. The van der Waals surface area contributed by atoms with E-state index in [1.165, 1.54) is 13.6 Å². The van der Waals surface area contributed by atoms with Crippen LogP contribution < -0.4 is 4.90 Å². The number of hydrogen-bond acceptors (Lipinski definition) is 2. The maximum absolute atomic E-state index is 12.4. The van der Waals surface area contributed by atoms with Crippen LogP contribution in [0.15, 0.2) is 40.2 Å². The van der Waals surface area contributed by atoms with Gasteiger partial charge in [-0.15, -0.1) is 11.3 Å². The number of amides is 1. The van der Waals surface area contributed by atoms with Gasteiger partial charge in [0.05, 0.1) is 34.8 Å². The lowest BCUT2D eigenvalue weighted by Crippen LogP contribution is -3.13. The van der Waals surface area contributed by atoms with Crippen LogP contribution >= 0.6 is 38.9 Å². The second-order valence-electron chi connectivity index (χ2n) is 5.43. The zero-order valence-corrected chi connectivity index (χ0v) is 15.2. The largest absolute Gasteiger partial charge is 0.328 e. The normalized spacial score (nSPS) is 16.0. The first-order valence-electron chi connectivity index (χ1n) is 7.24. The smallest absolute Gasteiger partial charge is 0.254 e. The van der Waals surface area contributed by atoms with Crippen molar-refractivity contribution >= 4 is 44.8 Å². The second kappa shape index (κ2) is 7.13. The van der Waals surface area contributed by atoms with Crippen LogP contribution in [0, 0.1) is 0 Å². The number of halogens is 2. The molecule has 22 heavy (non-hydrogen) atoms. The lowest BCUT2D eigenvalue weighted by molar-refractivity contribution is -0.917. The molecule has 0 unspecified atom stereocenters. The van der Waals surface area contributed by atoms with Crippen LogP contribution in [-0.2, 0) is 6.54 Å². The van der Waals surface area contributed by atoms with E-state index in [0.29, 0.717) is 5.02 Å². The van der Waals surface area contributed by atoms with Gasteiger partial charge in [-0.05, 0) is 52.3 Å². The van der Waals surface area contributed by atoms with Crippen molar-refractivity contribution in [1.29, 1.82) is 0 Å². The molecule has 1 aliphatic heterocycles. The number of piperazine rings is 1. The molecule has 1 N–H and O–H groups in total. The summed E-state index contributed by atoms with van der Waals surface area (Å²) in [5.74, 6) is 0.106. The number of rotatable bonds is 3. The summed E-state index contributed by atoms with van der Waals surface area (Å²) in [7, 11) is 0. The van der Waals surface area contributed by atoms with Gasteiger partial charge in [0.15, 0.2) is 0 Å². The van der Waals surface area contributed by atoms with Gasteiger partial charge in [0.2, 0.25) is 0 Å². The van der Waals surface area contributed by atoms with E-state index in [0.717, 1.165) is 38.3 Å². The molecule has 0 spiro atoms. The molecule has 0 radical (unpaired) electrons. The first-order chi connectivity index (χ1) is 10.6. The molecule has 2 heterocycles. The molecule has 1 amide bonds. The molecule has 0 atom stereocenters. The van der Waals surface area contributed by atoms with Gasteiger partial charge in [-0.1, -0.05) is 11.6 Å². The third-order valence-electron chi connectivity index (χ3n) is 3.90. The van der Waals surface area contributed by atoms with Crippen LogP contribution in [-0.4, -0.2) is 37.0 Å². The molecule has 0 saturated carbocycles. The molecule has 1 aromatic carbocycles. The molecule has 6 heteroatoms. The molecule has 116 valence electrons. The molecule has 1 fully saturated rings. The summed E-state index contributed by atoms with van der Waals surface area (Å²) in [5, 5.41) is 0.660. The zero-order valence-electron chi connectivity index (χ0n) is 12.0. The number of nitrogens with zero attached hydrogens (tertiary/aromatic N) is 1. The second-order valence-corrected chi connectivity index (χ2v) is 8.42. The van der Waals surface area contributed by atoms with E-state index >= 15 is 0 Å². The van der Waals surface area contributed by atoms with E-state index in [4.69, 9.17) is 11.6 Å². The first-order valence-corrected chi connectivity index (χ1v) is 9.23. The minimum Gasteiger partial charge on any atom is -0.328 e. The number of thiophene rings is 1. The van der Waals surface area contributed by atoms with Crippen molar-refractivity contribution in [3.8, 4) is 0 Å². The van der Waals surface area contributed by atoms with Crippen molar-refractivity contribution < 1.29 is 9.69 Å². The Hall–Kier alpha value is -0.880. The number of carbonyl (C=O) groups is 1. The fraction of sp³-hybridized carbons (Fsp3) is 0.312. The maximum atomic E-state index is 12.4. The van der Waals surface area contributed by atoms with Crippen LogP contribution in [0.2, 0.25) is 5.02 Å². The summed E-state index contributed by atoms with van der Waals surface area (Å²) in [4.78, 5) is 17.3. The van der Waals surface area contributed by atoms with Crippen molar-refractivity contribution in [2.75, 3.05) is 26.2 Å². The molecule has 1 saturated heterocycles. The topological polar surface area (TPSA) is 24.8 Å². The molecule has 1 aliphatic rings. The Balaban J connectivity index is 1.55. The summed E-state index contributed by atoms with van der Waals surface area (Å²) in [5.41, 5.74) is 0.718. The predicted molar refractivity (Wildman–Crippen MR) is 93.8 cm³/mol. The SMILES string of the molecule is O=C(c1ccc(Cl)cc1)N1CC[NH+](Cc2ccc(Br)s2)CC1. The molecule has 0 aliphatic carbocycles. The summed E-state index contributed by atoms with van der Waals surface area (Å²) in [6.45, 7) is 4.65. The highest BCUT2D eigenvalue weighted by atomic mass is 79.9. The Kier molecular flexibility index (Phi) is 5.18. The first kappa shape index (κ1) is 16.0. The fourth-order valence-corrected chi connectivity index (χ4v) is 4.35. The number of hydrogen-bond donors (Lipinski definition) is 1. The summed E-state index contributed by atoms with van der Waals surface area (Å²) < 4.78 is 1.18. The Morgan fingerprint density at radius 3 is 2.45 bits per heavy atom. The molecular weight excluding hydrogens is 384 g/mol. The number of carbonyl (C=O) groups excluding carboxylic acids is 1. The quantitative estimate of drug-likeness (QED) is 0.842. The highest BCUT2D eigenvalue weighted by Crippen LogP contribution is 2.21. The van der Waals surface area contributed by atoms with Crippen molar-refractivity contribution in [3.05, 3.63) is 55.6 Å². The molecular formula is C16H17BrClN2OS+. The minimum atomic E-state index is 0.106. The average molecular weight is 401 g/mol. The van der Waals surface area contributed by atoms with Crippen LogP contribution in [0.1, 0.15) is 15.2 Å². The van der Waals surface area contributed by atoms with Gasteiger partial charge in [-0.25, -0.2) is 0 Å². The van der Waals surface area contributed by atoms with Crippen molar-refractivity contribution in [3.63, 3.8) is 0 Å². The third-order valence-corrected chi connectivity index (χ3v) is 5.78. The number of benzene rings is 1. The summed E-state index contributed by atoms with van der Waals surface area (Å²) in [6, 6.07) is 11.4. The van der Waals surface area contributed by atoms with E-state index in [1.54, 1.807) is 35.6 Å². The van der Waals surface area contributed by atoms with Crippen LogP contribution in [0.5, 0.6) is 0 Å². The van der Waals surface area contributed by atoms with E-state index in [9.17, 15) is 4.79 Å². The van der Waals surface area contributed by atoms with E-state index < -0.39 is 0 Å². The van der Waals surface area contributed by atoms with E-state index in [-0.39, 0.29) is 5.91 Å². The Morgan fingerprint density at radius 1 is 1.18 bits per heavy atom. The molecule has 3 rings (SSSR count). The van der Waals surface area contributed by atoms with Gasteiger partial charge in [-0.3, -0.25) is 4.79 Å². The maximum Gasteiger partial charge on any atom is 0.254 e. The summed E-state index contributed by atoms with van der Waals surface area (Å²) in [6.07, 6.45) is 0. The van der Waals surface area contributed by atoms with Gasteiger partial charge >= 0.3 is 0 Å². The van der Waals surface area contributed by atoms with Crippen LogP contribution in [0.4, 0.5) is 0 Å².